The molecule has 0 aliphatic carbocycles. The molecule has 3 aromatic rings. The maximum atomic E-state index is 12.1. The largest absolute Gasteiger partial charge is 0.472 e. The SMILES string of the molecule is O=C(Cc1cocc1Cc1ccc(Cl)cc1)C(=O)c1ncn[nH]1. The van der Waals surface area contributed by atoms with E-state index in [2.05, 4.69) is 15.2 Å². The van der Waals surface area contributed by atoms with Crippen LogP contribution in [0.3, 0.4) is 0 Å². The van der Waals surface area contributed by atoms with Crippen molar-refractivity contribution in [2.75, 3.05) is 0 Å². The normalized spacial score (nSPS) is 10.7. The molecular weight excluding hydrogens is 318 g/mol. The summed E-state index contributed by atoms with van der Waals surface area (Å²) in [5.41, 5.74) is 2.56. The molecule has 2 aromatic heterocycles. The second-order valence-electron chi connectivity index (χ2n) is 4.99. The molecule has 6 nitrogen and oxygen atoms in total. The molecule has 7 heteroatoms. The highest BCUT2D eigenvalue weighted by Crippen LogP contribution is 2.18. The van der Waals surface area contributed by atoms with Gasteiger partial charge in [0.2, 0.25) is 5.78 Å². The molecular formula is C16H12ClN3O3. The number of aromatic nitrogens is 3. The quantitative estimate of drug-likeness (QED) is 0.554. The number of hydrogen-bond donors (Lipinski definition) is 1. The van der Waals surface area contributed by atoms with E-state index in [-0.39, 0.29) is 12.2 Å². The topological polar surface area (TPSA) is 88.8 Å². The summed E-state index contributed by atoms with van der Waals surface area (Å²) < 4.78 is 5.19. The number of halogens is 1. The molecule has 0 aliphatic heterocycles. The number of rotatable bonds is 6. The third kappa shape index (κ3) is 3.54. The summed E-state index contributed by atoms with van der Waals surface area (Å²) in [6, 6.07) is 7.41. The lowest BCUT2D eigenvalue weighted by Gasteiger charge is -2.03. The molecule has 0 aliphatic rings. The van der Waals surface area contributed by atoms with Crippen LogP contribution in [0.25, 0.3) is 0 Å². The predicted molar refractivity (Wildman–Crippen MR) is 82.4 cm³/mol. The minimum absolute atomic E-state index is 0.0427. The third-order valence-electron chi connectivity index (χ3n) is 3.38. The summed E-state index contributed by atoms with van der Waals surface area (Å²) in [6.45, 7) is 0. The summed E-state index contributed by atoms with van der Waals surface area (Å²) in [4.78, 5) is 27.7. The Bertz CT molecular complexity index is 823. The number of ketones is 2. The average molecular weight is 330 g/mol. The summed E-state index contributed by atoms with van der Waals surface area (Å²) in [5, 5.41) is 6.62. The van der Waals surface area contributed by atoms with E-state index in [1.165, 1.54) is 12.6 Å². The average Bonchev–Trinajstić information content (AvgIpc) is 3.21. The summed E-state index contributed by atoms with van der Waals surface area (Å²) in [5.74, 6) is -1.32. The van der Waals surface area contributed by atoms with Gasteiger partial charge in [-0.2, -0.15) is 5.10 Å². The maximum Gasteiger partial charge on any atom is 0.265 e. The number of furan rings is 1. The molecule has 0 unspecified atom stereocenters. The molecule has 0 fully saturated rings. The zero-order valence-corrected chi connectivity index (χ0v) is 12.7. The first-order valence-corrected chi connectivity index (χ1v) is 7.22. The van der Waals surface area contributed by atoms with Gasteiger partial charge in [-0.05, 0) is 23.3 Å². The van der Waals surface area contributed by atoms with Crippen LogP contribution in [0, 0.1) is 0 Å². The van der Waals surface area contributed by atoms with Crippen molar-refractivity contribution in [2.45, 2.75) is 12.8 Å². The van der Waals surface area contributed by atoms with Crippen LogP contribution < -0.4 is 0 Å². The van der Waals surface area contributed by atoms with E-state index >= 15 is 0 Å². The monoisotopic (exact) mass is 329 g/mol. The molecule has 2 heterocycles. The van der Waals surface area contributed by atoms with Crippen LogP contribution in [0.5, 0.6) is 0 Å². The number of aromatic amines is 1. The van der Waals surface area contributed by atoms with Crippen molar-refractivity contribution in [3.63, 3.8) is 0 Å². The molecule has 0 radical (unpaired) electrons. The van der Waals surface area contributed by atoms with Crippen molar-refractivity contribution in [1.29, 1.82) is 0 Å². The van der Waals surface area contributed by atoms with Crippen LogP contribution in [0.2, 0.25) is 5.02 Å². The summed E-state index contributed by atoms with van der Waals surface area (Å²) in [6.07, 6.45) is 4.79. The van der Waals surface area contributed by atoms with Gasteiger partial charge in [0.15, 0.2) is 5.82 Å². The minimum atomic E-state index is -0.693. The Morgan fingerprint density at radius 3 is 2.57 bits per heavy atom. The lowest BCUT2D eigenvalue weighted by atomic mass is 10.00. The smallest absolute Gasteiger partial charge is 0.265 e. The van der Waals surface area contributed by atoms with Crippen molar-refractivity contribution in [2.24, 2.45) is 0 Å². The highest BCUT2D eigenvalue weighted by atomic mass is 35.5. The standard InChI is InChI=1S/C16H12ClN3O3/c17-13-3-1-10(2-4-13)5-11-7-23-8-12(11)6-14(21)15(22)16-18-9-19-20-16/h1-4,7-9H,5-6H2,(H,18,19,20). The Labute approximate surface area is 136 Å². The van der Waals surface area contributed by atoms with Crippen molar-refractivity contribution in [1.82, 2.24) is 15.2 Å². The van der Waals surface area contributed by atoms with E-state index in [1.807, 2.05) is 12.1 Å². The highest BCUT2D eigenvalue weighted by molar-refractivity contribution is 6.43. The van der Waals surface area contributed by atoms with Gasteiger partial charge in [-0.25, -0.2) is 4.98 Å². The first-order chi connectivity index (χ1) is 11.1. The van der Waals surface area contributed by atoms with Crippen LogP contribution in [0.15, 0.2) is 47.5 Å². The second-order valence-corrected chi connectivity index (χ2v) is 5.43. The van der Waals surface area contributed by atoms with Gasteiger partial charge >= 0.3 is 0 Å². The van der Waals surface area contributed by atoms with Gasteiger partial charge in [0.25, 0.3) is 5.78 Å². The van der Waals surface area contributed by atoms with Gasteiger partial charge in [-0.3, -0.25) is 14.7 Å². The van der Waals surface area contributed by atoms with Crippen LogP contribution in [0.4, 0.5) is 0 Å². The molecule has 0 spiro atoms. The zero-order valence-electron chi connectivity index (χ0n) is 12.0. The van der Waals surface area contributed by atoms with Gasteiger partial charge < -0.3 is 4.42 Å². The van der Waals surface area contributed by atoms with Gasteiger partial charge in [-0.1, -0.05) is 23.7 Å². The van der Waals surface area contributed by atoms with E-state index in [1.54, 1.807) is 18.4 Å². The molecule has 1 aromatic carbocycles. The van der Waals surface area contributed by atoms with Gasteiger partial charge in [-0.15, -0.1) is 0 Å². The fraction of sp³-hybridized carbons (Fsp3) is 0.125. The number of benzene rings is 1. The van der Waals surface area contributed by atoms with Crippen LogP contribution in [-0.2, 0) is 17.6 Å². The summed E-state index contributed by atoms with van der Waals surface area (Å²) in [7, 11) is 0. The number of carbonyl (C=O) groups excluding carboxylic acids is 2. The first-order valence-electron chi connectivity index (χ1n) is 6.85. The lowest BCUT2D eigenvalue weighted by molar-refractivity contribution is -0.114. The van der Waals surface area contributed by atoms with E-state index in [0.29, 0.717) is 17.0 Å². The second kappa shape index (κ2) is 6.58. The van der Waals surface area contributed by atoms with Gasteiger partial charge in [0.1, 0.15) is 6.33 Å². The molecule has 23 heavy (non-hydrogen) atoms. The molecule has 0 bridgehead atoms. The number of H-pyrrole nitrogens is 1. The number of nitrogens with one attached hydrogen (secondary N) is 1. The van der Waals surface area contributed by atoms with Crippen LogP contribution >= 0.6 is 11.6 Å². The Balaban J connectivity index is 1.72. The summed E-state index contributed by atoms with van der Waals surface area (Å²) >= 11 is 5.86. The van der Waals surface area contributed by atoms with Crippen molar-refractivity contribution >= 4 is 23.2 Å². The number of hydrogen-bond acceptors (Lipinski definition) is 5. The fourth-order valence-electron chi connectivity index (χ4n) is 2.18. The lowest BCUT2D eigenvalue weighted by Crippen LogP contribution is -2.18. The van der Waals surface area contributed by atoms with E-state index in [0.717, 1.165) is 11.1 Å². The predicted octanol–water partition coefficient (Wildman–Crippen LogP) is 2.64. The van der Waals surface area contributed by atoms with Gasteiger partial charge in [0, 0.05) is 23.4 Å². The van der Waals surface area contributed by atoms with Crippen molar-refractivity contribution < 1.29 is 14.0 Å². The molecule has 0 saturated heterocycles. The number of Topliss-reactive ketones (excluding diaryl/α,β-unsaturated/α-hetero) is 2. The van der Waals surface area contributed by atoms with Crippen molar-refractivity contribution in [3.8, 4) is 0 Å². The Morgan fingerprint density at radius 2 is 1.87 bits per heavy atom. The molecule has 0 saturated carbocycles. The first kappa shape index (κ1) is 15.2. The zero-order chi connectivity index (χ0) is 16.2. The Hall–Kier alpha value is -2.73. The Kier molecular flexibility index (Phi) is 4.34. The maximum absolute atomic E-state index is 12.1. The van der Waals surface area contributed by atoms with E-state index in [9.17, 15) is 9.59 Å². The molecule has 1 N–H and O–H groups in total. The third-order valence-corrected chi connectivity index (χ3v) is 3.63. The molecule has 3 rings (SSSR count). The van der Waals surface area contributed by atoms with Crippen LogP contribution in [-0.4, -0.2) is 26.7 Å². The molecule has 0 amide bonds. The van der Waals surface area contributed by atoms with Crippen molar-refractivity contribution in [3.05, 3.63) is 70.7 Å². The number of carbonyl (C=O) groups is 2. The van der Waals surface area contributed by atoms with E-state index in [4.69, 9.17) is 16.0 Å². The highest BCUT2D eigenvalue weighted by Gasteiger charge is 2.21. The number of nitrogens with zero attached hydrogens (tertiary/aromatic N) is 2. The van der Waals surface area contributed by atoms with E-state index < -0.39 is 11.6 Å². The van der Waals surface area contributed by atoms with Gasteiger partial charge in [0.05, 0.1) is 12.5 Å². The minimum Gasteiger partial charge on any atom is -0.472 e. The molecule has 116 valence electrons. The fourth-order valence-corrected chi connectivity index (χ4v) is 2.31. The molecule has 0 atom stereocenters. The van der Waals surface area contributed by atoms with Crippen LogP contribution in [0.1, 0.15) is 27.3 Å². The Morgan fingerprint density at radius 1 is 1.13 bits per heavy atom.